The lowest BCUT2D eigenvalue weighted by Crippen LogP contribution is -2.26. The first-order valence-electron chi connectivity index (χ1n) is 10.2. The van der Waals surface area contributed by atoms with Crippen LogP contribution in [0.15, 0.2) is 18.2 Å². The maximum absolute atomic E-state index is 14.7. The van der Waals surface area contributed by atoms with E-state index in [1.165, 1.54) is 38.2 Å². The van der Waals surface area contributed by atoms with E-state index in [2.05, 4.69) is 21.5 Å². The quantitative estimate of drug-likeness (QED) is 0.852. The first-order valence-corrected chi connectivity index (χ1v) is 10.2. The molecule has 6 heteroatoms. The minimum Gasteiger partial charge on any atom is -0.293 e. The van der Waals surface area contributed by atoms with E-state index in [9.17, 15) is 9.18 Å². The predicted octanol–water partition coefficient (Wildman–Crippen LogP) is 4.73. The van der Waals surface area contributed by atoms with Crippen molar-refractivity contribution in [3.63, 3.8) is 0 Å². The van der Waals surface area contributed by atoms with Gasteiger partial charge in [-0.3, -0.25) is 10.1 Å². The highest BCUT2D eigenvalue weighted by Crippen LogP contribution is 2.48. The minimum absolute atomic E-state index is 0.0379. The van der Waals surface area contributed by atoms with E-state index < -0.39 is 0 Å². The van der Waals surface area contributed by atoms with Crippen molar-refractivity contribution in [3.8, 4) is 0 Å². The van der Waals surface area contributed by atoms with Crippen molar-refractivity contribution in [2.24, 2.45) is 11.3 Å². The van der Waals surface area contributed by atoms with E-state index in [4.69, 9.17) is 0 Å². The van der Waals surface area contributed by atoms with Crippen molar-refractivity contribution in [1.82, 2.24) is 14.6 Å². The number of nitrogens with zero attached hydrogens (tertiary/aromatic N) is 3. The zero-order valence-corrected chi connectivity index (χ0v) is 15.5. The second-order valence-electron chi connectivity index (χ2n) is 8.49. The van der Waals surface area contributed by atoms with Gasteiger partial charge < -0.3 is 0 Å². The van der Waals surface area contributed by atoms with Crippen molar-refractivity contribution in [1.29, 1.82) is 0 Å². The van der Waals surface area contributed by atoms with Gasteiger partial charge >= 0.3 is 0 Å². The fourth-order valence-electron chi connectivity index (χ4n) is 4.74. The van der Waals surface area contributed by atoms with Crippen LogP contribution in [0.4, 0.5) is 10.3 Å². The van der Waals surface area contributed by atoms with Gasteiger partial charge in [-0.2, -0.15) is 4.98 Å². The van der Waals surface area contributed by atoms with Crippen molar-refractivity contribution in [2.45, 2.75) is 64.2 Å². The summed E-state index contributed by atoms with van der Waals surface area (Å²) in [5, 5.41) is 7.16. The molecule has 1 spiro atoms. The SMILES string of the molecule is O=C(Nc1nc2ccc(F)c(C3=CCC4(CCCCC4)CC3)n2n1)C1CC1. The van der Waals surface area contributed by atoms with Crippen LogP contribution in [0, 0.1) is 17.2 Å². The molecule has 0 aromatic carbocycles. The zero-order valence-electron chi connectivity index (χ0n) is 15.5. The summed E-state index contributed by atoms with van der Waals surface area (Å²) in [6.45, 7) is 0. The van der Waals surface area contributed by atoms with E-state index in [1.807, 2.05) is 0 Å². The standard InChI is InChI=1S/C21H25FN4O/c22-16-6-7-17-23-20(24-19(27)15-4-5-15)25-26(17)18(16)14-8-12-21(13-9-14)10-2-1-3-11-21/h6-8,15H,1-5,9-13H2,(H,24,25,27). The molecule has 2 fully saturated rings. The summed E-state index contributed by atoms with van der Waals surface area (Å²) in [5.41, 5.74) is 2.51. The minimum atomic E-state index is -0.279. The van der Waals surface area contributed by atoms with Gasteiger partial charge in [0.05, 0.1) is 0 Å². The maximum atomic E-state index is 14.7. The van der Waals surface area contributed by atoms with Crippen LogP contribution in [0.25, 0.3) is 11.2 Å². The van der Waals surface area contributed by atoms with E-state index in [0.29, 0.717) is 16.8 Å². The van der Waals surface area contributed by atoms with Crippen LogP contribution in [-0.4, -0.2) is 20.5 Å². The fourth-order valence-corrected chi connectivity index (χ4v) is 4.74. The first kappa shape index (κ1) is 16.9. The van der Waals surface area contributed by atoms with Crippen LogP contribution in [-0.2, 0) is 4.79 Å². The number of allylic oxidation sites excluding steroid dienone is 2. The summed E-state index contributed by atoms with van der Waals surface area (Å²) in [4.78, 5) is 16.4. The Morgan fingerprint density at radius 3 is 2.70 bits per heavy atom. The molecule has 0 unspecified atom stereocenters. The third kappa shape index (κ3) is 3.15. The lowest BCUT2D eigenvalue weighted by atomic mass is 9.66. The molecule has 3 aliphatic carbocycles. The molecule has 0 atom stereocenters. The third-order valence-electron chi connectivity index (χ3n) is 6.56. The van der Waals surface area contributed by atoms with Crippen molar-refractivity contribution in [3.05, 3.63) is 29.7 Å². The van der Waals surface area contributed by atoms with Crippen LogP contribution in [0.1, 0.15) is 69.9 Å². The Morgan fingerprint density at radius 1 is 1.19 bits per heavy atom. The molecule has 0 radical (unpaired) electrons. The average molecular weight is 368 g/mol. The molecule has 142 valence electrons. The molecule has 2 heterocycles. The molecule has 2 saturated carbocycles. The number of halogens is 1. The molecule has 2 aromatic rings. The number of pyridine rings is 1. The molecule has 0 saturated heterocycles. The van der Waals surface area contributed by atoms with Gasteiger partial charge in [-0.15, -0.1) is 5.10 Å². The Morgan fingerprint density at radius 2 is 2.00 bits per heavy atom. The summed E-state index contributed by atoms with van der Waals surface area (Å²) in [5.74, 6) is 0.0295. The third-order valence-corrected chi connectivity index (χ3v) is 6.56. The van der Waals surface area contributed by atoms with Gasteiger partial charge in [0, 0.05) is 5.92 Å². The second-order valence-corrected chi connectivity index (χ2v) is 8.49. The van der Waals surface area contributed by atoms with Crippen molar-refractivity contribution >= 4 is 23.1 Å². The monoisotopic (exact) mass is 368 g/mol. The molecular formula is C21H25FN4O. The molecule has 0 bridgehead atoms. The van der Waals surface area contributed by atoms with Gasteiger partial charge in [0.1, 0.15) is 11.5 Å². The number of anilines is 1. The highest BCUT2D eigenvalue weighted by Gasteiger charge is 2.34. The van der Waals surface area contributed by atoms with E-state index in [-0.39, 0.29) is 23.6 Å². The largest absolute Gasteiger partial charge is 0.293 e. The number of nitrogens with one attached hydrogen (secondary N) is 1. The molecule has 5 nitrogen and oxygen atoms in total. The van der Waals surface area contributed by atoms with Crippen LogP contribution in [0.3, 0.4) is 0 Å². The van der Waals surface area contributed by atoms with Crippen LogP contribution in [0.5, 0.6) is 0 Å². The molecular weight excluding hydrogens is 343 g/mol. The smallest absolute Gasteiger partial charge is 0.249 e. The Balaban J connectivity index is 1.46. The zero-order chi connectivity index (χ0) is 18.4. The van der Waals surface area contributed by atoms with E-state index in [0.717, 1.165) is 37.7 Å². The van der Waals surface area contributed by atoms with Crippen molar-refractivity contribution in [2.75, 3.05) is 5.32 Å². The summed E-state index contributed by atoms with van der Waals surface area (Å²) in [6.07, 6.45) is 13.7. The Hall–Kier alpha value is -2.24. The molecule has 1 amide bonds. The maximum Gasteiger partial charge on any atom is 0.249 e. The summed E-state index contributed by atoms with van der Waals surface area (Å²) >= 11 is 0. The fraction of sp³-hybridized carbons (Fsp3) is 0.571. The van der Waals surface area contributed by atoms with E-state index in [1.54, 1.807) is 10.6 Å². The number of carbonyl (C=O) groups excluding carboxylic acids is 1. The first-order chi connectivity index (χ1) is 13.1. The Kier molecular flexibility index (Phi) is 4.02. The number of carbonyl (C=O) groups is 1. The summed E-state index contributed by atoms with van der Waals surface area (Å²) < 4.78 is 16.3. The van der Waals surface area contributed by atoms with Gasteiger partial charge in [0.15, 0.2) is 5.65 Å². The van der Waals surface area contributed by atoms with E-state index >= 15 is 0 Å². The molecule has 5 rings (SSSR count). The van der Waals surface area contributed by atoms with Gasteiger partial charge in [0.25, 0.3) is 0 Å². The topological polar surface area (TPSA) is 59.3 Å². The van der Waals surface area contributed by atoms with Gasteiger partial charge in [-0.05, 0) is 68.1 Å². The van der Waals surface area contributed by atoms with Crippen LogP contribution < -0.4 is 5.32 Å². The number of hydrogen-bond acceptors (Lipinski definition) is 3. The number of aromatic nitrogens is 3. The number of hydrogen-bond donors (Lipinski definition) is 1. The normalized spacial score (nSPS) is 22.0. The predicted molar refractivity (Wildman–Crippen MR) is 102 cm³/mol. The highest BCUT2D eigenvalue weighted by molar-refractivity contribution is 5.92. The lowest BCUT2D eigenvalue weighted by Gasteiger charge is -2.39. The number of amides is 1. The number of fused-ring (bicyclic) bond motifs is 1. The molecule has 27 heavy (non-hydrogen) atoms. The van der Waals surface area contributed by atoms with Crippen LogP contribution in [0.2, 0.25) is 0 Å². The summed E-state index contributed by atoms with van der Waals surface area (Å²) in [6, 6.07) is 3.07. The number of rotatable bonds is 3. The van der Waals surface area contributed by atoms with Crippen LogP contribution >= 0.6 is 0 Å². The van der Waals surface area contributed by atoms with Gasteiger partial charge in [-0.1, -0.05) is 25.3 Å². The molecule has 0 aliphatic heterocycles. The molecule has 2 aromatic heterocycles. The summed E-state index contributed by atoms with van der Waals surface area (Å²) in [7, 11) is 0. The van der Waals surface area contributed by atoms with Gasteiger partial charge in [-0.25, -0.2) is 8.91 Å². The Labute approximate surface area is 158 Å². The molecule has 3 aliphatic rings. The van der Waals surface area contributed by atoms with Gasteiger partial charge in [0.2, 0.25) is 11.9 Å². The molecule has 1 N–H and O–H groups in total. The highest BCUT2D eigenvalue weighted by atomic mass is 19.1. The second kappa shape index (κ2) is 6.43. The Bertz CT molecular complexity index is 922. The average Bonchev–Trinajstić information content (AvgIpc) is 3.45. The van der Waals surface area contributed by atoms with Crippen molar-refractivity contribution < 1.29 is 9.18 Å². The lowest BCUT2D eigenvalue weighted by molar-refractivity contribution is -0.117.